The first-order valence-corrected chi connectivity index (χ1v) is 24.7. The minimum Gasteiger partial charge on any atom is -0.399 e. The van der Waals surface area contributed by atoms with E-state index in [0.29, 0.717) is 0 Å². The van der Waals surface area contributed by atoms with Crippen molar-refractivity contribution < 1.29 is 9.31 Å². The summed E-state index contributed by atoms with van der Waals surface area (Å²) in [5.74, 6) is 1.68. The van der Waals surface area contributed by atoms with Crippen LogP contribution in [0.2, 0.25) is 0 Å². The van der Waals surface area contributed by atoms with Crippen molar-refractivity contribution in [1.82, 2.24) is 39.0 Å². The maximum absolute atomic E-state index is 6.29. The largest absolute Gasteiger partial charge is 0.494 e. The number of rotatable bonds is 7. The van der Waals surface area contributed by atoms with Crippen molar-refractivity contribution in [2.24, 2.45) is 0 Å². The third-order valence-corrected chi connectivity index (χ3v) is 14.1. The van der Waals surface area contributed by atoms with Gasteiger partial charge in [0.25, 0.3) is 0 Å². The summed E-state index contributed by atoms with van der Waals surface area (Å²) < 4.78 is 18.0. The molecule has 72 heavy (non-hydrogen) atoms. The van der Waals surface area contributed by atoms with Gasteiger partial charge in [0.05, 0.1) is 33.6 Å². The molecule has 348 valence electrons. The number of imidazole rings is 2. The zero-order valence-corrected chi connectivity index (χ0v) is 41.6. The average molecular weight is 1000 g/mol. The first-order chi connectivity index (χ1) is 35.1. The van der Waals surface area contributed by atoms with Gasteiger partial charge in [-0.05, 0) is 93.8 Å². The molecule has 12 aromatic rings. The topological polar surface area (TPSA) is 106 Å². The Labute approximate surface area is 425 Å². The Kier molecular flexibility index (Phi) is 11.4. The molecule has 1 saturated heterocycles. The van der Waals surface area contributed by atoms with E-state index in [2.05, 4.69) is 143 Å². The lowest BCUT2D eigenvalue weighted by molar-refractivity contribution is 0.00578. The number of hydrogen-bond acceptors (Lipinski definition) is 8. The van der Waals surface area contributed by atoms with Crippen LogP contribution in [-0.2, 0) is 9.31 Å². The summed E-state index contributed by atoms with van der Waals surface area (Å²) in [7, 11) is -0.422. The summed E-state index contributed by atoms with van der Waals surface area (Å²) in [6, 6.07) is 65.5. The first kappa shape index (κ1) is 45.0. The van der Waals surface area contributed by atoms with Crippen LogP contribution in [0.5, 0.6) is 0 Å². The van der Waals surface area contributed by atoms with Gasteiger partial charge in [0.1, 0.15) is 44.7 Å². The fourth-order valence-electron chi connectivity index (χ4n) is 9.30. The van der Waals surface area contributed by atoms with Crippen LogP contribution in [0, 0.1) is 0 Å². The third kappa shape index (κ3) is 8.03. The number of nitrogens with zero attached hydrogens (tertiary/aromatic N) is 8. The van der Waals surface area contributed by atoms with Crippen LogP contribution in [0.4, 0.5) is 0 Å². The zero-order valence-electron chi connectivity index (χ0n) is 40.0. The van der Waals surface area contributed by atoms with Crippen molar-refractivity contribution in [2.45, 2.75) is 38.9 Å². The number of fused-ring (bicyclic) bond motifs is 6. The van der Waals surface area contributed by atoms with Gasteiger partial charge in [-0.3, -0.25) is 19.1 Å². The lowest BCUT2D eigenvalue weighted by atomic mass is 9.79. The standard InChI is InChI=1S/C33H29BN4O2.C27H17BrN4/c1-32(2)33(3,4)40-34(39-32)24-19-17-23(18-20-24)31-37-29-28-26(16-11-21-35-28)36-27(22-12-7-5-8-13-22)30(29)38(31)25-14-9-6-10-15-25;28-20-15-13-19(14-16-20)27-31-25-24-22(12-7-17-29-24)30-23(18-8-3-1-4-9-18)26(25)32(27)21-10-5-2-6-11-21/h5-21H,1-4H3;1-17H. The van der Waals surface area contributed by atoms with Gasteiger partial charge < -0.3 is 9.31 Å². The Hall–Kier alpha value is -8.16. The van der Waals surface area contributed by atoms with E-state index in [1.54, 1.807) is 12.4 Å². The molecule has 0 bridgehead atoms. The Balaban J connectivity index is 0.000000151. The minimum atomic E-state index is -0.422. The molecule has 0 amide bonds. The van der Waals surface area contributed by atoms with Gasteiger partial charge in [0.2, 0.25) is 0 Å². The van der Waals surface area contributed by atoms with Crippen LogP contribution >= 0.6 is 15.9 Å². The molecule has 0 radical (unpaired) electrons. The van der Waals surface area contributed by atoms with Gasteiger partial charge in [0, 0.05) is 50.5 Å². The van der Waals surface area contributed by atoms with E-state index in [9.17, 15) is 0 Å². The molecule has 0 aliphatic carbocycles. The minimum absolute atomic E-state index is 0.396. The lowest BCUT2D eigenvalue weighted by Gasteiger charge is -2.32. The third-order valence-electron chi connectivity index (χ3n) is 13.6. The molecule has 12 heteroatoms. The smallest absolute Gasteiger partial charge is 0.399 e. The van der Waals surface area contributed by atoms with Crippen molar-refractivity contribution in [3.63, 3.8) is 0 Å². The number of halogens is 1. The number of pyridine rings is 4. The Morgan fingerprint density at radius 3 is 1.21 bits per heavy atom. The zero-order chi connectivity index (χ0) is 49.0. The highest BCUT2D eigenvalue weighted by Gasteiger charge is 2.51. The molecule has 6 aromatic heterocycles. The summed E-state index contributed by atoms with van der Waals surface area (Å²) in [4.78, 5) is 29.9. The maximum atomic E-state index is 6.29. The molecule has 0 unspecified atom stereocenters. The summed E-state index contributed by atoms with van der Waals surface area (Å²) in [6.45, 7) is 8.28. The van der Waals surface area contributed by atoms with Gasteiger partial charge in [-0.2, -0.15) is 0 Å². The molecule has 7 heterocycles. The summed E-state index contributed by atoms with van der Waals surface area (Å²) in [5.41, 5.74) is 14.8. The number of aromatic nitrogens is 8. The molecular weight excluding hydrogens is 955 g/mol. The predicted octanol–water partition coefficient (Wildman–Crippen LogP) is 13.7. The van der Waals surface area contributed by atoms with E-state index < -0.39 is 18.3 Å². The molecule has 13 rings (SSSR count). The normalized spacial score (nSPS) is 14.0. The van der Waals surface area contributed by atoms with Gasteiger partial charge in [-0.15, -0.1) is 0 Å². The molecule has 0 atom stereocenters. The van der Waals surface area contributed by atoms with E-state index in [1.807, 2.05) is 109 Å². The van der Waals surface area contributed by atoms with Crippen molar-refractivity contribution in [2.75, 3.05) is 0 Å². The SMILES string of the molecule is Brc1ccc(-c2nc3c4ncccc4nc(-c4ccccc4)c3n2-c2ccccc2)cc1.CC1(C)OB(c2ccc(-c3nc4c5ncccc5nc(-c5ccccc5)c4n3-c3ccccc3)cc2)OC1(C)C. The van der Waals surface area contributed by atoms with Crippen LogP contribution in [-0.4, -0.2) is 57.4 Å². The highest BCUT2D eigenvalue weighted by Crippen LogP contribution is 2.40. The fraction of sp³-hybridized carbons (Fsp3) is 0.100. The molecule has 0 spiro atoms. The van der Waals surface area contributed by atoms with Crippen molar-refractivity contribution in [1.29, 1.82) is 0 Å². The predicted molar refractivity (Wildman–Crippen MR) is 293 cm³/mol. The van der Waals surface area contributed by atoms with Gasteiger partial charge in [-0.1, -0.05) is 149 Å². The quantitative estimate of drug-likeness (QED) is 0.145. The van der Waals surface area contributed by atoms with Crippen LogP contribution in [0.3, 0.4) is 0 Å². The van der Waals surface area contributed by atoms with Crippen LogP contribution in [0.15, 0.2) is 211 Å². The highest BCUT2D eigenvalue weighted by molar-refractivity contribution is 9.10. The van der Waals surface area contributed by atoms with E-state index in [-0.39, 0.29) is 0 Å². The van der Waals surface area contributed by atoms with E-state index in [0.717, 1.165) is 111 Å². The molecule has 6 aromatic carbocycles. The van der Waals surface area contributed by atoms with E-state index in [4.69, 9.17) is 34.2 Å². The summed E-state index contributed by atoms with van der Waals surface area (Å²) in [6.07, 6.45) is 3.60. The summed E-state index contributed by atoms with van der Waals surface area (Å²) in [5, 5.41) is 0. The second-order valence-electron chi connectivity index (χ2n) is 18.7. The van der Waals surface area contributed by atoms with Gasteiger partial charge in [-0.25, -0.2) is 19.9 Å². The van der Waals surface area contributed by atoms with Gasteiger partial charge >= 0.3 is 7.12 Å². The second-order valence-corrected chi connectivity index (χ2v) is 19.6. The van der Waals surface area contributed by atoms with E-state index >= 15 is 0 Å². The Morgan fingerprint density at radius 2 is 0.792 bits per heavy atom. The van der Waals surface area contributed by atoms with Crippen LogP contribution in [0.1, 0.15) is 27.7 Å². The number of benzene rings is 6. The van der Waals surface area contributed by atoms with Crippen molar-refractivity contribution in [3.8, 4) is 56.7 Å². The van der Waals surface area contributed by atoms with Gasteiger partial charge in [0.15, 0.2) is 0 Å². The number of para-hydroxylation sites is 2. The molecule has 0 N–H and O–H groups in total. The van der Waals surface area contributed by atoms with Crippen LogP contribution < -0.4 is 5.46 Å². The molecule has 0 saturated carbocycles. The van der Waals surface area contributed by atoms with Crippen molar-refractivity contribution >= 4 is 72.6 Å². The molecule has 1 fully saturated rings. The molecule has 1 aliphatic rings. The van der Waals surface area contributed by atoms with Crippen molar-refractivity contribution in [3.05, 3.63) is 211 Å². The maximum Gasteiger partial charge on any atom is 0.494 e. The molecular formula is C60H46BBrN8O2. The summed E-state index contributed by atoms with van der Waals surface area (Å²) >= 11 is 3.54. The number of hydrogen-bond donors (Lipinski definition) is 0. The molecule has 1 aliphatic heterocycles. The van der Waals surface area contributed by atoms with E-state index in [1.165, 1.54) is 0 Å². The van der Waals surface area contributed by atoms with Crippen LogP contribution in [0.25, 0.3) is 101 Å². The molecule has 10 nitrogen and oxygen atoms in total. The Morgan fingerprint density at radius 1 is 0.403 bits per heavy atom. The second kappa shape index (κ2) is 18.2. The average Bonchev–Trinajstić information content (AvgIpc) is 4.09. The fourth-order valence-corrected chi connectivity index (χ4v) is 9.56. The lowest BCUT2D eigenvalue weighted by Crippen LogP contribution is -2.41. The highest BCUT2D eigenvalue weighted by atomic mass is 79.9. The Bertz CT molecular complexity index is 3910. The monoisotopic (exact) mass is 1000 g/mol. The first-order valence-electron chi connectivity index (χ1n) is 23.9.